The summed E-state index contributed by atoms with van der Waals surface area (Å²) in [7, 11) is 0. The van der Waals surface area contributed by atoms with E-state index in [1.54, 1.807) is 12.1 Å². The van der Waals surface area contributed by atoms with E-state index in [-0.39, 0.29) is 24.0 Å². The third-order valence-electron chi connectivity index (χ3n) is 3.16. The summed E-state index contributed by atoms with van der Waals surface area (Å²) in [6.07, 6.45) is 0. The van der Waals surface area contributed by atoms with Crippen LogP contribution in [0.25, 0.3) is 0 Å². The lowest BCUT2D eigenvalue weighted by molar-refractivity contribution is -0.385. The number of ether oxygens (including phenoxy) is 1. The number of aryl methyl sites for hydroxylation is 1. The number of nitro groups is 1. The Balaban J connectivity index is 1.89. The number of para-hydroxylation sites is 2. The third-order valence-corrected chi connectivity index (χ3v) is 3.16. The number of carbonyl (C=O) groups is 1. The van der Waals surface area contributed by atoms with Crippen LogP contribution in [0.3, 0.4) is 0 Å². The molecule has 0 spiro atoms. The molecule has 0 atom stereocenters. The highest BCUT2D eigenvalue weighted by Crippen LogP contribution is 2.25. The van der Waals surface area contributed by atoms with Gasteiger partial charge in [-0.05, 0) is 24.1 Å². The van der Waals surface area contributed by atoms with Crippen LogP contribution in [0.5, 0.6) is 5.75 Å². The number of hydrogen-bond donors (Lipinski definition) is 1. The van der Waals surface area contributed by atoms with Crippen molar-refractivity contribution >= 4 is 11.6 Å². The molecule has 1 amide bonds. The van der Waals surface area contributed by atoms with Crippen molar-refractivity contribution in [1.82, 2.24) is 5.32 Å². The van der Waals surface area contributed by atoms with Crippen LogP contribution in [0.2, 0.25) is 0 Å². The Kier molecular flexibility index (Phi) is 5.08. The quantitative estimate of drug-likeness (QED) is 0.656. The minimum Gasteiger partial charge on any atom is -0.477 e. The fourth-order valence-corrected chi connectivity index (χ4v) is 1.93. The SMILES string of the molecule is Cc1ccccc1CNC(=O)COc1ccccc1[N+](=O)[O-]. The molecule has 0 aliphatic carbocycles. The van der Waals surface area contributed by atoms with E-state index in [0.717, 1.165) is 11.1 Å². The maximum atomic E-state index is 11.8. The van der Waals surface area contributed by atoms with Crippen molar-refractivity contribution in [3.8, 4) is 5.75 Å². The van der Waals surface area contributed by atoms with Gasteiger partial charge in [0.1, 0.15) is 0 Å². The maximum absolute atomic E-state index is 11.8. The first-order valence-electron chi connectivity index (χ1n) is 6.75. The fourth-order valence-electron chi connectivity index (χ4n) is 1.93. The van der Waals surface area contributed by atoms with E-state index in [2.05, 4.69) is 5.32 Å². The number of benzene rings is 2. The van der Waals surface area contributed by atoms with Crippen LogP contribution in [-0.4, -0.2) is 17.4 Å². The average Bonchev–Trinajstić information content (AvgIpc) is 2.52. The van der Waals surface area contributed by atoms with Gasteiger partial charge in [0.15, 0.2) is 12.4 Å². The highest BCUT2D eigenvalue weighted by Gasteiger charge is 2.14. The van der Waals surface area contributed by atoms with Crippen LogP contribution in [-0.2, 0) is 11.3 Å². The Hall–Kier alpha value is -2.89. The maximum Gasteiger partial charge on any atom is 0.310 e. The first-order chi connectivity index (χ1) is 10.6. The van der Waals surface area contributed by atoms with E-state index in [0.29, 0.717) is 6.54 Å². The molecule has 1 N–H and O–H groups in total. The van der Waals surface area contributed by atoms with Crippen molar-refractivity contribution in [2.24, 2.45) is 0 Å². The molecule has 0 unspecified atom stereocenters. The normalized spacial score (nSPS) is 10.0. The second-order valence-corrected chi connectivity index (χ2v) is 4.72. The van der Waals surface area contributed by atoms with Crippen molar-refractivity contribution in [2.75, 3.05) is 6.61 Å². The monoisotopic (exact) mass is 300 g/mol. The molecule has 2 rings (SSSR count). The zero-order chi connectivity index (χ0) is 15.9. The molecular weight excluding hydrogens is 284 g/mol. The predicted octanol–water partition coefficient (Wildman–Crippen LogP) is 2.60. The van der Waals surface area contributed by atoms with Gasteiger partial charge in [-0.15, -0.1) is 0 Å². The van der Waals surface area contributed by atoms with Gasteiger partial charge in [0, 0.05) is 12.6 Å². The van der Waals surface area contributed by atoms with E-state index >= 15 is 0 Å². The van der Waals surface area contributed by atoms with Crippen LogP contribution < -0.4 is 10.1 Å². The summed E-state index contributed by atoms with van der Waals surface area (Å²) in [5.41, 5.74) is 1.94. The summed E-state index contributed by atoms with van der Waals surface area (Å²) in [4.78, 5) is 22.1. The van der Waals surface area contributed by atoms with Gasteiger partial charge in [-0.2, -0.15) is 0 Å². The van der Waals surface area contributed by atoms with E-state index < -0.39 is 4.92 Å². The molecule has 6 heteroatoms. The van der Waals surface area contributed by atoms with Crippen LogP contribution in [0.15, 0.2) is 48.5 Å². The van der Waals surface area contributed by atoms with Gasteiger partial charge in [-0.1, -0.05) is 36.4 Å². The molecule has 2 aromatic rings. The summed E-state index contributed by atoms with van der Waals surface area (Å²) < 4.78 is 5.23. The number of nitrogens with one attached hydrogen (secondary N) is 1. The Bertz CT molecular complexity index is 685. The second kappa shape index (κ2) is 7.21. The van der Waals surface area contributed by atoms with E-state index in [4.69, 9.17) is 4.74 Å². The second-order valence-electron chi connectivity index (χ2n) is 4.72. The van der Waals surface area contributed by atoms with Crippen LogP contribution in [0.4, 0.5) is 5.69 Å². The molecule has 0 aromatic heterocycles. The van der Waals surface area contributed by atoms with Gasteiger partial charge in [0.25, 0.3) is 5.91 Å². The first-order valence-corrected chi connectivity index (χ1v) is 6.75. The number of nitro benzene ring substituents is 1. The number of nitrogens with zero attached hydrogens (tertiary/aromatic N) is 1. The molecule has 0 saturated carbocycles. The van der Waals surface area contributed by atoms with Crippen LogP contribution in [0, 0.1) is 17.0 Å². The van der Waals surface area contributed by atoms with E-state index in [1.807, 2.05) is 31.2 Å². The topological polar surface area (TPSA) is 81.5 Å². The number of rotatable bonds is 6. The van der Waals surface area contributed by atoms with Crippen molar-refractivity contribution in [2.45, 2.75) is 13.5 Å². The Labute approximate surface area is 127 Å². The van der Waals surface area contributed by atoms with E-state index in [1.165, 1.54) is 12.1 Å². The molecule has 0 aliphatic rings. The summed E-state index contributed by atoms with van der Waals surface area (Å²) in [5, 5.41) is 13.6. The van der Waals surface area contributed by atoms with Crippen molar-refractivity contribution < 1.29 is 14.5 Å². The van der Waals surface area contributed by atoms with Gasteiger partial charge in [-0.3, -0.25) is 14.9 Å². The molecule has 114 valence electrons. The lowest BCUT2D eigenvalue weighted by atomic mass is 10.1. The summed E-state index contributed by atoms with van der Waals surface area (Å²) in [6.45, 7) is 2.09. The first kappa shape index (κ1) is 15.5. The summed E-state index contributed by atoms with van der Waals surface area (Å²) in [5.74, 6) is -0.250. The fraction of sp³-hybridized carbons (Fsp3) is 0.188. The largest absolute Gasteiger partial charge is 0.477 e. The minimum atomic E-state index is -0.541. The molecular formula is C16H16N2O4. The Morgan fingerprint density at radius 2 is 1.86 bits per heavy atom. The van der Waals surface area contributed by atoms with E-state index in [9.17, 15) is 14.9 Å². The third kappa shape index (κ3) is 4.05. The molecule has 6 nitrogen and oxygen atoms in total. The molecule has 0 heterocycles. The lowest BCUT2D eigenvalue weighted by Gasteiger charge is -2.09. The molecule has 0 radical (unpaired) electrons. The molecule has 0 saturated heterocycles. The number of amides is 1. The van der Waals surface area contributed by atoms with Gasteiger partial charge in [-0.25, -0.2) is 0 Å². The van der Waals surface area contributed by atoms with Gasteiger partial charge < -0.3 is 10.1 Å². The van der Waals surface area contributed by atoms with Gasteiger partial charge >= 0.3 is 5.69 Å². The Morgan fingerprint density at radius 3 is 2.59 bits per heavy atom. The molecule has 2 aromatic carbocycles. The number of hydrogen-bond acceptors (Lipinski definition) is 4. The number of carbonyl (C=O) groups excluding carboxylic acids is 1. The minimum absolute atomic E-state index is 0.0820. The molecule has 22 heavy (non-hydrogen) atoms. The molecule has 0 aliphatic heterocycles. The van der Waals surface area contributed by atoms with Crippen molar-refractivity contribution in [3.63, 3.8) is 0 Å². The highest BCUT2D eigenvalue weighted by atomic mass is 16.6. The Morgan fingerprint density at radius 1 is 1.18 bits per heavy atom. The molecule has 0 bridgehead atoms. The van der Waals surface area contributed by atoms with Crippen LogP contribution in [0.1, 0.15) is 11.1 Å². The van der Waals surface area contributed by atoms with Gasteiger partial charge in [0.05, 0.1) is 4.92 Å². The summed E-state index contributed by atoms with van der Waals surface area (Å²) >= 11 is 0. The van der Waals surface area contributed by atoms with Gasteiger partial charge in [0.2, 0.25) is 0 Å². The predicted molar refractivity (Wildman–Crippen MR) is 81.6 cm³/mol. The average molecular weight is 300 g/mol. The summed E-state index contributed by atoms with van der Waals surface area (Å²) in [6, 6.07) is 13.7. The molecule has 0 fully saturated rings. The standard InChI is InChI=1S/C16H16N2O4/c1-12-6-2-3-7-13(12)10-17-16(19)11-22-15-9-5-4-8-14(15)18(20)21/h2-9H,10-11H2,1H3,(H,17,19). The lowest BCUT2D eigenvalue weighted by Crippen LogP contribution is -2.28. The zero-order valence-corrected chi connectivity index (χ0v) is 12.1. The van der Waals surface area contributed by atoms with Crippen LogP contribution >= 0.6 is 0 Å². The zero-order valence-electron chi connectivity index (χ0n) is 12.1. The highest BCUT2D eigenvalue weighted by molar-refractivity contribution is 5.77. The smallest absolute Gasteiger partial charge is 0.310 e. The van der Waals surface area contributed by atoms with Crippen molar-refractivity contribution in [1.29, 1.82) is 0 Å². The van der Waals surface area contributed by atoms with Crippen molar-refractivity contribution in [3.05, 3.63) is 69.8 Å².